The molecule has 0 saturated carbocycles. The highest BCUT2D eigenvalue weighted by Gasteiger charge is 2.23. The van der Waals surface area contributed by atoms with E-state index in [0.29, 0.717) is 0 Å². The lowest BCUT2D eigenvalue weighted by atomic mass is 10.0. The van der Waals surface area contributed by atoms with Crippen LogP contribution in [0, 0.1) is 10.1 Å². The van der Waals surface area contributed by atoms with Crippen molar-refractivity contribution in [2.24, 2.45) is 4.36 Å². The van der Waals surface area contributed by atoms with Crippen molar-refractivity contribution in [3.8, 4) is 0 Å². The molecular weight excluding hydrogens is 392 g/mol. The summed E-state index contributed by atoms with van der Waals surface area (Å²) in [6.45, 7) is 0. The van der Waals surface area contributed by atoms with Crippen LogP contribution in [0.3, 0.4) is 0 Å². The third-order valence-electron chi connectivity index (χ3n) is 4.14. The normalized spacial score (nSPS) is 12.6. The summed E-state index contributed by atoms with van der Waals surface area (Å²) >= 11 is 0. The molecule has 3 aromatic rings. The predicted molar refractivity (Wildman–Crippen MR) is 109 cm³/mol. The fraction of sp³-hybridized carbons (Fsp3) is 0.0476. The Hall–Kier alpha value is -3.65. The van der Waals surface area contributed by atoms with Gasteiger partial charge in [-0.05, 0) is 18.2 Å². The Labute approximate surface area is 167 Å². The number of hydrogen-bond acceptors (Lipinski definition) is 5. The molecule has 8 heteroatoms. The average Bonchev–Trinajstić information content (AvgIpc) is 2.73. The minimum absolute atomic E-state index is 0.0266. The molecule has 0 saturated heterocycles. The Kier molecular flexibility index (Phi) is 5.65. The van der Waals surface area contributed by atoms with Crippen LogP contribution in [0.5, 0.6) is 0 Å². The fourth-order valence-electron chi connectivity index (χ4n) is 2.73. The van der Waals surface area contributed by atoms with E-state index in [9.17, 15) is 23.9 Å². The molecule has 3 aromatic carbocycles. The van der Waals surface area contributed by atoms with Crippen LogP contribution in [0.4, 0.5) is 5.69 Å². The second kappa shape index (κ2) is 8.15. The first-order valence-electron chi connectivity index (χ1n) is 8.49. The molecule has 1 amide bonds. The zero-order chi connectivity index (χ0) is 21.0. The molecule has 0 N–H and O–H groups in total. The van der Waals surface area contributed by atoms with Crippen molar-refractivity contribution in [3.05, 3.63) is 106 Å². The van der Waals surface area contributed by atoms with E-state index in [1.165, 1.54) is 24.5 Å². The van der Waals surface area contributed by atoms with Crippen molar-refractivity contribution in [1.29, 1.82) is 0 Å². The Morgan fingerprint density at radius 2 is 1.45 bits per heavy atom. The van der Waals surface area contributed by atoms with E-state index >= 15 is 0 Å². The summed E-state index contributed by atoms with van der Waals surface area (Å²) in [6.07, 6.45) is 1.23. The molecule has 7 nitrogen and oxygen atoms in total. The molecule has 0 heterocycles. The first-order valence-corrected chi connectivity index (χ1v) is 10.4. The third-order valence-corrected chi connectivity index (χ3v) is 5.83. The highest BCUT2D eigenvalue weighted by atomic mass is 32.2. The number of non-ortho nitro benzene ring substituents is 1. The van der Waals surface area contributed by atoms with Crippen LogP contribution in [0.15, 0.2) is 88.1 Å². The third kappa shape index (κ3) is 4.44. The highest BCUT2D eigenvalue weighted by Crippen LogP contribution is 2.26. The number of nitro benzene ring substituents is 1. The van der Waals surface area contributed by atoms with Gasteiger partial charge in [0.2, 0.25) is 0 Å². The quantitative estimate of drug-likeness (QED) is 0.358. The monoisotopic (exact) mass is 408 g/mol. The number of nitro groups is 1. The van der Waals surface area contributed by atoms with Crippen molar-refractivity contribution in [3.63, 3.8) is 0 Å². The van der Waals surface area contributed by atoms with E-state index < -0.39 is 26.3 Å². The minimum atomic E-state index is -3.35. The molecular formula is C21H16N2O5S. The van der Waals surface area contributed by atoms with Crippen LogP contribution in [0.2, 0.25) is 0 Å². The summed E-state index contributed by atoms with van der Waals surface area (Å²) < 4.78 is 17.1. The number of carbonyl (C=O) groups is 2. The molecule has 0 aliphatic carbocycles. The number of benzene rings is 3. The van der Waals surface area contributed by atoms with Gasteiger partial charge in [0, 0.05) is 35.1 Å². The molecule has 3 rings (SSSR count). The maximum absolute atomic E-state index is 13.3. The van der Waals surface area contributed by atoms with Gasteiger partial charge in [0.15, 0.2) is 5.78 Å². The van der Waals surface area contributed by atoms with Crippen LogP contribution in [-0.4, -0.2) is 27.1 Å². The molecule has 0 radical (unpaired) electrons. The second-order valence-corrected chi connectivity index (χ2v) is 8.43. The van der Waals surface area contributed by atoms with E-state index in [1.807, 2.05) is 0 Å². The lowest BCUT2D eigenvalue weighted by Gasteiger charge is -2.10. The number of nitrogens with zero attached hydrogens (tertiary/aromatic N) is 2. The number of amides is 1. The molecule has 146 valence electrons. The van der Waals surface area contributed by atoms with Gasteiger partial charge in [-0.1, -0.05) is 48.5 Å². The van der Waals surface area contributed by atoms with Gasteiger partial charge >= 0.3 is 0 Å². The lowest BCUT2D eigenvalue weighted by Crippen LogP contribution is -2.11. The minimum Gasteiger partial charge on any atom is -0.289 e. The Bertz CT molecular complexity index is 1210. The summed E-state index contributed by atoms with van der Waals surface area (Å²) in [7, 11) is -3.35. The van der Waals surface area contributed by atoms with Crippen molar-refractivity contribution >= 4 is 27.1 Å². The topological polar surface area (TPSA) is 107 Å². The lowest BCUT2D eigenvalue weighted by molar-refractivity contribution is -0.384. The first-order chi connectivity index (χ1) is 13.8. The Morgan fingerprint density at radius 1 is 0.897 bits per heavy atom. The van der Waals surface area contributed by atoms with E-state index in [0.717, 1.165) is 12.1 Å². The molecule has 0 aliphatic heterocycles. The molecule has 0 spiro atoms. The SMILES string of the molecule is CS(=O)(=NC(=O)c1ccccc1)c1ccc([N+](=O)[O-])cc1C(=O)c1ccccc1. The number of carbonyl (C=O) groups excluding carboxylic acids is 2. The summed E-state index contributed by atoms with van der Waals surface area (Å²) in [5.74, 6) is -1.24. The second-order valence-electron chi connectivity index (χ2n) is 6.20. The van der Waals surface area contributed by atoms with Crippen molar-refractivity contribution in [2.75, 3.05) is 6.26 Å². The number of rotatable bonds is 5. The Morgan fingerprint density at radius 3 is 2.00 bits per heavy atom. The molecule has 1 unspecified atom stereocenters. The highest BCUT2D eigenvalue weighted by molar-refractivity contribution is 7.93. The van der Waals surface area contributed by atoms with Crippen LogP contribution >= 0.6 is 0 Å². The smallest absolute Gasteiger partial charge is 0.285 e. The first kappa shape index (κ1) is 20.1. The van der Waals surface area contributed by atoms with Crippen LogP contribution in [0.25, 0.3) is 0 Å². The molecule has 0 aliphatic rings. The largest absolute Gasteiger partial charge is 0.289 e. The van der Waals surface area contributed by atoms with Crippen LogP contribution < -0.4 is 0 Å². The van der Waals surface area contributed by atoms with Gasteiger partial charge in [-0.15, -0.1) is 0 Å². The van der Waals surface area contributed by atoms with Gasteiger partial charge < -0.3 is 0 Å². The zero-order valence-electron chi connectivity index (χ0n) is 15.3. The maximum Gasteiger partial charge on any atom is 0.285 e. The summed E-state index contributed by atoms with van der Waals surface area (Å²) in [4.78, 5) is 35.9. The van der Waals surface area contributed by atoms with E-state index in [-0.39, 0.29) is 27.3 Å². The van der Waals surface area contributed by atoms with E-state index in [2.05, 4.69) is 4.36 Å². The van der Waals surface area contributed by atoms with Gasteiger partial charge in [0.1, 0.15) is 0 Å². The summed E-state index contributed by atoms with van der Waals surface area (Å²) in [5, 5.41) is 11.2. The standard InChI is InChI=1S/C21H16N2O5S/c1-29(28,22-21(25)16-10-6-3-7-11-16)19-13-12-17(23(26)27)14-18(19)20(24)15-8-4-2-5-9-15/h2-14H,1H3. The Balaban J connectivity index is 2.16. The van der Waals surface area contributed by atoms with Crippen LogP contribution in [-0.2, 0) is 9.73 Å². The van der Waals surface area contributed by atoms with Crippen molar-refractivity contribution < 1.29 is 18.7 Å². The molecule has 1 atom stereocenters. The van der Waals surface area contributed by atoms with E-state index in [4.69, 9.17) is 0 Å². The molecule has 0 aromatic heterocycles. The predicted octanol–water partition coefficient (Wildman–Crippen LogP) is 4.12. The summed E-state index contributed by atoms with van der Waals surface area (Å²) in [6, 6.07) is 19.6. The fourth-order valence-corrected chi connectivity index (χ4v) is 4.13. The molecule has 0 bridgehead atoms. The molecule has 0 fully saturated rings. The van der Waals surface area contributed by atoms with Gasteiger partial charge in [0.05, 0.1) is 19.5 Å². The van der Waals surface area contributed by atoms with Gasteiger partial charge in [-0.3, -0.25) is 19.7 Å². The number of hydrogen-bond donors (Lipinski definition) is 0. The zero-order valence-corrected chi connectivity index (χ0v) is 16.2. The summed E-state index contributed by atoms with van der Waals surface area (Å²) in [5.41, 5.74) is 0.0823. The molecule has 29 heavy (non-hydrogen) atoms. The van der Waals surface area contributed by atoms with Gasteiger partial charge in [0.25, 0.3) is 11.6 Å². The van der Waals surface area contributed by atoms with Gasteiger partial charge in [-0.2, -0.15) is 4.36 Å². The van der Waals surface area contributed by atoms with Crippen LogP contribution in [0.1, 0.15) is 26.3 Å². The number of ketones is 1. The van der Waals surface area contributed by atoms with Gasteiger partial charge in [-0.25, -0.2) is 4.21 Å². The maximum atomic E-state index is 13.3. The van der Waals surface area contributed by atoms with Crippen molar-refractivity contribution in [1.82, 2.24) is 0 Å². The average molecular weight is 408 g/mol. The van der Waals surface area contributed by atoms with Crippen molar-refractivity contribution in [2.45, 2.75) is 4.90 Å². The van der Waals surface area contributed by atoms with E-state index in [1.54, 1.807) is 48.5 Å².